The van der Waals surface area contributed by atoms with Crippen molar-refractivity contribution in [2.75, 3.05) is 25.6 Å². The lowest BCUT2D eigenvalue weighted by Crippen LogP contribution is -2.38. The van der Waals surface area contributed by atoms with E-state index in [0.29, 0.717) is 24.0 Å². The Balaban J connectivity index is 1.88. The summed E-state index contributed by atoms with van der Waals surface area (Å²) in [5.74, 6) is 1.72. The Bertz CT molecular complexity index is 1130. The van der Waals surface area contributed by atoms with Crippen LogP contribution in [0.1, 0.15) is 13.3 Å². The third-order valence-corrected chi connectivity index (χ3v) is 4.78. The quantitative estimate of drug-likeness (QED) is 0.527. The van der Waals surface area contributed by atoms with Crippen LogP contribution < -0.4 is 26.0 Å². The standard InChI is InChI=1S/C20H27N5O5/c1-5-10-21-19-22-17-16(18(27)24(3)20(28)23(17)2)25(19)11-13(26)12-30-15-8-6-14(29-4)7-9-15/h6-9,13,26H,5,10-12H2,1-4H3,(H,21,22). The number of ether oxygens (including phenoxy) is 2. The first-order valence-electron chi connectivity index (χ1n) is 9.72. The maximum absolute atomic E-state index is 12.8. The van der Waals surface area contributed by atoms with Gasteiger partial charge in [-0.3, -0.25) is 13.9 Å². The first-order valence-corrected chi connectivity index (χ1v) is 9.72. The molecule has 2 aromatic heterocycles. The van der Waals surface area contributed by atoms with Crippen LogP contribution in [0.3, 0.4) is 0 Å². The average molecular weight is 417 g/mol. The SMILES string of the molecule is CCCNc1nc2c(c(=O)n(C)c(=O)n2C)n1CC(O)COc1ccc(OC)cc1. The van der Waals surface area contributed by atoms with Gasteiger partial charge in [0.05, 0.1) is 13.7 Å². The fourth-order valence-corrected chi connectivity index (χ4v) is 3.12. The van der Waals surface area contributed by atoms with Gasteiger partial charge < -0.3 is 24.5 Å². The fraction of sp³-hybridized carbons (Fsp3) is 0.450. The Labute approximate surface area is 173 Å². The highest BCUT2D eigenvalue weighted by atomic mass is 16.5. The molecule has 1 unspecified atom stereocenters. The van der Waals surface area contributed by atoms with E-state index in [2.05, 4.69) is 10.3 Å². The van der Waals surface area contributed by atoms with Gasteiger partial charge in [-0.25, -0.2) is 4.79 Å². The highest BCUT2D eigenvalue weighted by Crippen LogP contribution is 2.19. The van der Waals surface area contributed by atoms with Crippen LogP contribution in [0.4, 0.5) is 5.95 Å². The Kier molecular flexibility index (Phi) is 6.46. The molecule has 1 aromatic carbocycles. The Hall–Kier alpha value is -3.27. The molecule has 10 nitrogen and oxygen atoms in total. The maximum atomic E-state index is 12.8. The molecule has 3 aromatic rings. The zero-order valence-corrected chi connectivity index (χ0v) is 17.6. The summed E-state index contributed by atoms with van der Waals surface area (Å²) in [4.78, 5) is 29.4. The van der Waals surface area contributed by atoms with E-state index in [4.69, 9.17) is 9.47 Å². The van der Waals surface area contributed by atoms with Crippen molar-refractivity contribution in [3.8, 4) is 11.5 Å². The van der Waals surface area contributed by atoms with Gasteiger partial charge in [-0.15, -0.1) is 0 Å². The molecule has 0 amide bonds. The molecule has 2 N–H and O–H groups in total. The summed E-state index contributed by atoms with van der Waals surface area (Å²) in [5, 5.41) is 13.7. The molecule has 0 saturated heterocycles. The van der Waals surface area contributed by atoms with Crippen LogP contribution in [-0.4, -0.2) is 50.2 Å². The predicted octanol–water partition coefficient (Wildman–Crippen LogP) is 0.704. The van der Waals surface area contributed by atoms with Gasteiger partial charge in [0.25, 0.3) is 5.56 Å². The number of aliphatic hydroxyl groups is 1. The van der Waals surface area contributed by atoms with E-state index in [1.807, 2.05) is 6.92 Å². The van der Waals surface area contributed by atoms with Crippen molar-refractivity contribution in [2.24, 2.45) is 14.1 Å². The molecule has 0 spiro atoms. The number of rotatable bonds is 9. The van der Waals surface area contributed by atoms with Crippen LogP contribution in [0, 0.1) is 0 Å². The summed E-state index contributed by atoms with van der Waals surface area (Å²) in [5.41, 5.74) is -0.400. The van der Waals surface area contributed by atoms with E-state index in [1.54, 1.807) is 43.0 Å². The number of hydrogen-bond donors (Lipinski definition) is 2. The lowest BCUT2D eigenvalue weighted by atomic mass is 10.3. The summed E-state index contributed by atoms with van der Waals surface area (Å²) < 4.78 is 14.7. The molecule has 0 aliphatic rings. The molecular formula is C20H27N5O5. The average Bonchev–Trinajstić information content (AvgIpc) is 3.11. The van der Waals surface area contributed by atoms with E-state index < -0.39 is 17.4 Å². The third-order valence-electron chi connectivity index (χ3n) is 4.78. The van der Waals surface area contributed by atoms with Crippen molar-refractivity contribution in [1.82, 2.24) is 18.7 Å². The first kappa shape index (κ1) is 21.4. The van der Waals surface area contributed by atoms with Crippen molar-refractivity contribution in [2.45, 2.75) is 26.0 Å². The van der Waals surface area contributed by atoms with Gasteiger partial charge in [0.15, 0.2) is 11.2 Å². The molecule has 2 heterocycles. The molecule has 162 valence electrons. The summed E-state index contributed by atoms with van der Waals surface area (Å²) in [6.45, 7) is 2.74. The highest BCUT2D eigenvalue weighted by molar-refractivity contribution is 5.74. The largest absolute Gasteiger partial charge is 0.497 e. The van der Waals surface area contributed by atoms with E-state index in [-0.39, 0.29) is 24.3 Å². The molecule has 30 heavy (non-hydrogen) atoms. The van der Waals surface area contributed by atoms with Crippen LogP contribution in [0.15, 0.2) is 33.9 Å². The summed E-state index contributed by atoms with van der Waals surface area (Å²) in [6.07, 6.45) is -0.0582. The van der Waals surface area contributed by atoms with Crippen molar-refractivity contribution in [3.05, 3.63) is 45.1 Å². The second kappa shape index (κ2) is 9.04. The van der Waals surface area contributed by atoms with Crippen LogP contribution in [-0.2, 0) is 20.6 Å². The Morgan fingerprint density at radius 3 is 2.43 bits per heavy atom. The molecule has 0 bridgehead atoms. The molecule has 3 rings (SSSR count). The number of benzene rings is 1. The van der Waals surface area contributed by atoms with Gasteiger partial charge >= 0.3 is 5.69 Å². The highest BCUT2D eigenvalue weighted by Gasteiger charge is 2.21. The van der Waals surface area contributed by atoms with Crippen molar-refractivity contribution >= 4 is 17.1 Å². The number of nitrogens with one attached hydrogen (secondary N) is 1. The Morgan fingerprint density at radius 1 is 1.13 bits per heavy atom. The number of hydrogen-bond acceptors (Lipinski definition) is 7. The van der Waals surface area contributed by atoms with E-state index >= 15 is 0 Å². The lowest BCUT2D eigenvalue weighted by Gasteiger charge is -2.16. The summed E-state index contributed by atoms with van der Waals surface area (Å²) in [7, 11) is 4.57. The molecule has 10 heteroatoms. The van der Waals surface area contributed by atoms with Gasteiger partial charge in [0.1, 0.15) is 24.2 Å². The van der Waals surface area contributed by atoms with E-state index in [9.17, 15) is 14.7 Å². The second-order valence-corrected chi connectivity index (χ2v) is 6.99. The zero-order chi connectivity index (χ0) is 21.8. The summed E-state index contributed by atoms with van der Waals surface area (Å²) in [6, 6.07) is 7.03. The molecule has 0 aliphatic carbocycles. The van der Waals surface area contributed by atoms with Crippen LogP contribution in [0.2, 0.25) is 0 Å². The first-order chi connectivity index (χ1) is 14.4. The number of aliphatic hydroxyl groups excluding tert-OH is 1. The number of aromatic nitrogens is 4. The second-order valence-electron chi connectivity index (χ2n) is 6.99. The number of aryl methyl sites for hydroxylation is 1. The van der Waals surface area contributed by atoms with Crippen LogP contribution in [0.5, 0.6) is 11.5 Å². The fourth-order valence-electron chi connectivity index (χ4n) is 3.12. The van der Waals surface area contributed by atoms with E-state index in [1.165, 1.54) is 11.6 Å². The van der Waals surface area contributed by atoms with Crippen LogP contribution >= 0.6 is 0 Å². The van der Waals surface area contributed by atoms with Gasteiger partial charge in [0.2, 0.25) is 5.95 Å². The Morgan fingerprint density at radius 2 is 1.80 bits per heavy atom. The maximum Gasteiger partial charge on any atom is 0.332 e. The number of fused-ring (bicyclic) bond motifs is 1. The smallest absolute Gasteiger partial charge is 0.332 e. The molecule has 0 aliphatic heterocycles. The number of imidazole rings is 1. The molecule has 0 radical (unpaired) electrons. The van der Waals surface area contributed by atoms with Crippen molar-refractivity contribution in [1.29, 1.82) is 0 Å². The molecule has 0 fully saturated rings. The minimum absolute atomic E-state index is 0.0191. The monoisotopic (exact) mass is 417 g/mol. The lowest BCUT2D eigenvalue weighted by molar-refractivity contribution is 0.0938. The van der Waals surface area contributed by atoms with Gasteiger partial charge in [-0.1, -0.05) is 6.92 Å². The predicted molar refractivity (Wildman–Crippen MR) is 113 cm³/mol. The van der Waals surface area contributed by atoms with Crippen LogP contribution in [0.25, 0.3) is 11.2 Å². The van der Waals surface area contributed by atoms with E-state index in [0.717, 1.165) is 11.0 Å². The third kappa shape index (κ3) is 4.18. The van der Waals surface area contributed by atoms with Gasteiger partial charge in [-0.2, -0.15) is 4.98 Å². The van der Waals surface area contributed by atoms with Crippen molar-refractivity contribution < 1.29 is 14.6 Å². The number of nitrogens with zero attached hydrogens (tertiary/aromatic N) is 4. The summed E-state index contributed by atoms with van der Waals surface area (Å²) >= 11 is 0. The minimum Gasteiger partial charge on any atom is -0.497 e. The zero-order valence-electron chi connectivity index (χ0n) is 17.6. The normalized spacial score (nSPS) is 12.2. The van der Waals surface area contributed by atoms with Crippen molar-refractivity contribution in [3.63, 3.8) is 0 Å². The number of methoxy groups -OCH3 is 1. The molecule has 1 atom stereocenters. The van der Waals surface area contributed by atoms with Gasteiger partial charge in [0, 0.05) is 20.6 Å². The van der Waals surface area contributed by atoms with Gasteiger partial charge in [-0.05, 0) is 30.7 Å². The number of anilines is 1. The molecular weight excluding hydrogens is 390 g/mol. The molecule has 0 saturated carbocycles. The topological polar surface area (TPSA) is 113 Å². The minimum atomic E-state index is -0.909.